The summed E-state index contributed by atoms with van der Waals surface area (Å²) < 4.78 is 0. The molecule has 0 rings (SSSR count). The number of rotatable bonds is 7. The Morgan fingerprint density at radius 2 is 2.14 bits per heavy atom. The van der Waals surface area contributed by atoms with Gasteiger partial charge in [0.05, 0.1) is 0 Å². The minimum atomic E-state index is -1.12. The van der Waals surface area contributed by atoms with Gasteiger partial charge in [0.15, 0.2) is 0 Å². The van der Waals surface area contributed by atoms with Crippen molar-refractivity contribution >= 4 is 12.4 Å². The number of amides is 1. The van der Waals surface area contributed by atoms with Crippen LogP contribution in [0.4, 0.5) is 0 Å². The van der Waals surface area contributed by atoms with Gasteiger partial charge in [-0.15, -0.1) is 0 Å². The van der Waals surface area contributed by atoms with Crippen molar-refractivity contribution in [3.05, 3.63) is 0 Å². The molecule has 0 spiro atoms. The van der Waals surface area contributed by atoms with E-state index in [0.29, 0.717) is 25.8 Å². The molecule has 0 aliphatic carbocycles. The molecule has 1 amide bonds. The first-order valence-electron chi connectivity index (χ1n) is 4.58. The molecule has 1 atom stereocenters. The van der Waals surface area contributed by atoms with Crippen molar-refractivity contribution in [2.75, 3.05) is 20.6 Å². The van der Waals surface area contributed by atoms with E-state index in [0.717, 1.165) is 0 Å². The van der Waals surface area contributed by atoms with E-state index < -0.39 is 11.5 Å². The molecule has 5 nitrogen and oxygen atoms in total. The molecule has 0 aromatic carbocycles. The molecular weight excluding hydrogens is 184 g/mol. The summed E-state index contributed by atoms with van der Waals surface area (Å²) in [5.74, 6) is -0.978. The highest BCUT2D eigenvalue weighted by atomic mass is 16.4. The number of hydrogen-bond donors (Lipinski definition) is 2. The Bertz CT molecular complexity index is 206. The maximum atomic E-state index is 11.0. The predicted molar refractivity (Wildman–Crippen MR) is 53.0 cm³/mol. The molecule has 0 saturated heterocycles. The number of carboxylic acids is 1. The summed E-state index contributed by atoms with van der Waals surface area (Å²) in [6.07, 6.45) is 1.24. The zero-order chi connectivity index (χ0) is 11.2. The number of carbonyl (C=O) groups is 2. The van der Waals surface area contributed by atoms with Crippen molar-refractivity contribution in [2.45, 2.75) is 25.3 Å². The van der Waals surface area contributed by atoms with Gasteiger partial charge in [-0.2, -0.15) is 0 Å². The highest BCUT2D eigenvalue weighted by Crippen LogP contribution is 2.15. The monoisotopic (exact) mass is 202 g/mol. The number of carbonyl (C=O) groups excluding carboxylic acids is 1. The average Bonchev–Trinajstić information content (AvgIpc) is 2.11. The fraction of sp³-hybridized carbons (Fsp3) is 0.778. The van der Waals surface area contributed by atoms with Crippen LogP contribution < -0.4 is 5.32 Å². The van der Waals surface area contributed by atoms with E-state index in [-0.39, 0.29) is 0 Å². The lowest BCUT2D eigenvalue weighted by Crippen LogP contribution is -2.52. The maximum absolute atomic E-state index is 11.0. The lowest BCUT2D eigenvalue weighted by molar-refractivity contribution is -0.146. The third-order valence-electron chi connectivity index (χ3n) is 2.33. The van der Waals surface area contributed by atoms with Gasteiger partial charge in [-0.25, -0.2) is 4.79 Å². The molecule has 0 bridgehead atoms. The summed E-state index contributed by atoms with van der Waals surface area (Å²) in [5.41, 5.74) is -1.12. The number of aliphatic carboxylic acids is 1. The molecule has 2 N–H and O–H groups in total. The summed E-state index contributed by atoms with van der Waals surface area (Å²) >= 11 is 0. The minimum absolute atomic E-state index is 0.384. The second-order valence-electron chi connectivity index (χ2n) is 3.56. The Morgan fingerprint density at radius 3 is 2.43 bits per heavy atom. The van der Waals surface area contributed by atoms with Crippen molar-refractivity contribution in [2.24, 2.45) is 0 Å². The van der Waals surface area contributed by atoms with Crippen LogP contribution in [0.15, 0.2) is 0 Å². The van der Waals surface area contributed by atoms with Gasteiger partial charge in [0, 0.05) is 6.54 Å². The first kappa shape index (κ1) is 12.9. The predicted octanol–water partition coefficient (Wildman–Crippen LogP) is -0.0825. The Balaban J connectivity index is 4.49. The van der Waals surface area contributed by atoms with Crippen molar-refractivity contribution in [3.63, 3.8) is 0 Å². The molecule has 0 aliphatic rings. The third-order valence-corrected chi connectivity index (χ3v) is 2.33. The van der Waals surface area contributed by atoms with Gasteiger partial charge in [-0.1, -0.05) is 6.92 Å². The molecule has 0 saturated carbocycles. The molecule has 1 unspecified atom stereocenters. The van der Waals surface area contributed by atoms with Crippen molar-refractivity contribution in [1.29, 1.82) is 0 Å². The zero-order valence-electron chi connectivity index (χ0n) is 8.91. The van der Waals surface area contributed by atoms with Crippen LogP contribution in [0, 0.1) is 0 Å². The smallest absolute Gasteiger partial charge is 0.329 e. The van der Waals surface area contributed by atoms with Gasteiger partial charge in [-0.3, -0.25) is 4.79 Å². The van der Waals surface area contributed by atoms with Crippen LogP contribution >= 0.6 is 0 Å². The van der Waals surface area contributed by atoms with Crippen LogP contribution in [0.25, 0.3) is 0 Å². The molecule has 5 heteroatoms. The maximum Gasteiger partial charge on any atom is 0.329 e. The van der Waals surface area contributed by atoms with Crippen LogP contribution in [0.1, 0.15) is 19.8 Å². The second kappa shape index (κ2) is 5.59. The SMILES string of the molecule is CCC(CCN(C)C)(NC=O)C(=O)O. The fourth-order valence-electron chi connectivity index (χ4n) is 1.20. The third kappa shape index (κ3) is 3.33. The van der Waals surface area contributed by atoms with E-state index in [1.165, 1.54) is 0 Å². The van der Waals surface area contributed by atoms with E-state index in [4.69, 9.17) is 5.11 Å². The summed E-state index contributed by atoms with van der Waals surface area (Å²) in [6, 6.07) is 0. The largest absolute Gasteiger partial charge is 0.480 e. The van der Waals surface area contributed by atoms with E-state index >= 15 is 0 Å². The first-order chi connectivity index (χ1) is 6.48. The fourth-order valence-corrected chi connectivity index (χ4v) is 1.20. The van der Waals surface area contributed by atoms with Crippen LogP contribution in [0.2, 0.25) is 0 Å². The highest BCUT2D eigenvalue weighted by Gasteiger charge is 2.35. The van der Waals surface area contributed by atoms with Gasteiger partial charge in [0.2, 0.25) is 6.41 Å². The van der Waals surface area contributed by atoms with E-state index in [1.807, 2.05) is 19.0 Å². The zero-order valence-corrected chi connectivity index (χ0v) is 8.91. The quantitative estimate of drug-likeness (QED) is 0.566. The van der Waals surface area contributed by atoms with Crippen LogP contribution in [0.5, 0.6) is 0 Å². The lowest BCUT2D eigenvalue weighted by atomic mass is 9.92. The minimum Gasteiger partial charge on any atom is -0.480 e. The van der Waals surface area contributed by atoms with Crippen LogP contribution in [-0.2, 0) is 9.59 Å². The molecule has 0 aliphatic heterocycles. The van der Waals surface area contributed by atoms with Crippen molar-refractivity contribution < 1.29 is 14.7 Å². The molecule has 0 heterocycles. The van der Waals surface area contributed by atoms with Crippen LogP contribution in [0.3, 0.4) is 0 Å². The van der Waals surface area contributed by atoms with Crippen molar-refractivity contribution in [3.8, 4) is 0 Å². The van der Waals surface area contributed by atoms with Gasteiger partial charge >= 0.3 is 5.97 Å². The van der Waals surface area contributed by atoms with Gasteiger partial charge in [-0.05, 0) is 26.9 Å². The molecule has 0 aromatic rings. The van der Waals surface area contributed by atoms with Gasteiger partial charge in [0.1, 0.15) is 5.54 Å². The molecule has 0 aromatic heterocycles. The van der Waals surface area contributed by atoms with Crippen LogP contribution in [-0.4, -0.2) is 48.6 Å². The van der Waals surface area contributed by atoms with Gasteiger partial charge in [0.25, 0.3) is 0 Å². The Morgan fingerprint density at radius 1 is 1.57 bits per heavy atom. The number of carboxylic acid groups (broad SMARTS) is 1. The number of nitrogens with one attached hydrogen (secondary N) is 1. The molecule has 0 fully saturated rings. The number of hydrogen-bond acceptors (Lipinski definition) is 3. The van der Waals surface area contributed by atoms with E-state index in [1.54, 1.807) is 6.92 Å². The topological polar surface area (TPSA) is 69.6 Å². The molecule has 0 radical (unpaired) electrons. The van der Waals surface area contributed by atoms with E-state index in [9.17, 15) is 9.59 Å². The van der Waals surface area contributed by atoms with E-state index in [2.05, 4.69) is 5.32 Å². The molecular formula is C9H18N2O3. The summed E-state index contributed by atoms with van der Waals surface area (Å²) in [6.45, 7) is 2.38. The summed E-state index contributed by atoms with van der Waals surface area (Å²) in [5, 5.41) is 11.4. The molecule has 14 heavy (non-hydrogen) atoms. The normalized spacial score (nSPS) is 14.9. The Hall–Kier alpha value is -1.10. The standard InChI is InChI=1S/C9H18N2O3/c1-4-9(8(13)14,10-7-12)5-6-11(2)3/h7H,4-6H2,1-3H3,(H,10,12)(H,13,14). The second-order valence-corrected chi connectivity index (χ2v) is 3.56. The Labute approximate surface area is 84.1 Å². The average molecular weight is 202 g/mol. The molecule has 82 valence electrons. The lowest BCUT2D eigenvalue weighted by Gasteiger charge is -2.28. The van der Waals surface area contributed by atoms with Gasteiger partial charge < -0.3 is 15.3 Å². The number of nitrogens with zero attached hydrogens (tertiary/aromatic N) is 1. The van der Waals surface area contributed by atoms with Crippen molar-refractivity contribution in [1.82, 2.24) is 10.2 Å². The highest BCUT2D eigenvalue weighted by molar-refractivity contribution is 5.81. The Kier molecular flexibility index (Phi) is 5.15. The first-order valence-corrected chi connectivity index (χ1v) is 4.58. The summed E-state index contributed by atoms with van der Waals surface area (Å²) in [7, 11) is 3.73. The summed E-state index contributed by atoms with van der Waals surface area (Å²) in [4.78, 5) is 23.2.